The molecule has 0 amide bonds. The van der Waals surface area contributed by atoms with E-state index < -0.39 is 0 Å². The lowest BCUT2D eigenvalue weighted by Gasteiger charge is -2.45. The normalized spacial score (nSPS) is 20.9. The Labute approximate surface area is 186 Å². The Balaban J connectivity index is 1.79. The van der Waals surface area contributed by atoms with Crippen molar-refractivity contribution in [2.24, 2.45) is 0 Å². The van der Waals surface area contributed by atoms with E-state index >= 15 is 0 Å². The molecule has 0 bridgehead atoms. The molecule has 8 nitrogen and oxygen atoms in total. The molecule has 1 aromatic carbocycles. The van der Waals surface area contributed by atoms with Gasteiger partial charge in [0.15, 0.2) is 16.3 Å². The average Bonchev–Trinajstić information content (AvgIpc) is 3.16. The molecule has 0 aliphatic carbocycles. The van der Waals surface area contributed by atoms with Crippen LogP contribution < -0.4 is 15.0 Å². The second kappa shape index (κ2) is 7.56. The van der Waals surface area contributed by atoms with Gasteiger partial charge in [-0.2, -0.15) is 4.98 Å². The van der Waals surface area contributed by atoms with Gasteiger partial charge in [0.1, 0.15) is 12.3 Å². The van der Waals surface area contributed by atoms with Crippen LogP contribution in [0.25, 0.3) is 17.0 Å². The number of nitrogens with zero attached hydrogens (tertiary/aromatic N) is 5. The number of hydrogen-bond acceptors (Lipinski definition) is 7. The first-order valence-corrected chi connectivity index (χ1v) is 12.0. The SMILES string of the molecule is CNc1nc2ccccc2n1-c1nc2c(c(C(C)(C)[SH+]C)n1)OC[C@@H]1COC[C@@H](C)N21. The van der Waals surface area contributed by atoms with Gasteiger partial charge in [0, 0.05) is 7.05 Å². The van der Waals surface area contributed by atoms with Crippen molar-refractivity contribution < 1.29 is 9.47 Å². The molecular formula is C22H29N6O2S+. The Hall–Kier alpha value is -2.52. The third-order valence-corrected chi connectivity index (χ3v) is 7.49. The molecule has 0 unspecified atom stereocenters. The molecule has 164 valence electrons. The Morgan fingerprint density at radius 1 is 1.13 bits per heavy atom. The van der Waals surface area contributed by atoms with E-state index in [-0.39, 0.29) is 16.8 Å². The summed E-state index contributed by atoms with van der Waals surface area (Å²) < 4.78 is 13.9. The van der Waals surface area contributed by atoms with Crippen molar-refractivity contribution in [1.82, 2.24) is 19.5 Å². The first kappa shape index (κ1) is 20.4. The number of nitrogens with one attached hydrogen (secondary N) is 1. The van der Waals surface area contributed by atoms with E-state index in [0.29, 0.717) is 31.7 Å². The number of ether oxygens (including phenoxy) is 2. The zero-order valence-corrected chi connectivity index (χ0v) is 19.5. The summed E-state index contributed by atoms with van der Waals surface area (Å²) in [6, 6.07) is 8.41. The van der Waals surface area contributed by atoms with Gasteiger partial charge in [-0.05, 0) is 44.7 Å². The van der Waals surface area contributed by atoms with Crippen molar-refractivity contribution in [3.05, 3.63) is 30.0 Å². The summed E-state index contributed by atoms with van der Waals surface area (Å²) in [7, 11) is 1.87. The van der Waals surface area contributed by atoms with E-state index in [2.05, 4.69) is 37.2 Å². The number of anilines is 2. The summed E-state index contributed by atoms with van der Waals surface area (Å²) in [5, 5.41) is 3.21. The van der Waals surface area contributed by atoms with Crippen LogP contribution in [-0.4, -0.2) is 64.7 Å². The van der Waals surface area contributed by atoms with Crippen LogP contribution in [0.4, 0.5) is 11.8 Å². The fraction of sp³-hybridized carbons (Fsp3) is 0.500. The van der Waals surface area contributed by atoms with Gasteiger partial charge in [0.25, 0.3) is 0 Å². The molecule has 1 saturated heterocycles. The Bertz CT molecular complexity index is 1130. The van der Waals surface area contributed by atoms with Gasteiger partial charge in [-0.3, -0.25) is 0 Å². The number of fused-ring (bicyclic) bond motifs is 4. The lowest BCUT2D eigenvalue weighted by Crippen LogP contribution is -2.56. The van der Waals surface area contributed by atoms with Crippen LogP contribution in [0.15, 0.2) is 24.3 Å². The molecule has 5 rings (SSSR count). The van der Waals surface area contributed by atoms with Crippen molar-refractivity contribution in [2.75, 3.05) is 43.3 Å². The maximum Gasteiger partial charge on any atom is 0.239 e. The fourth-order valence-corrected chi connectivity index (χ4v) is 4.70. The number of aromatic nitrogens is 4. The molecule has 0 radical (unpaired) electrons. The Kier molecular flexibility index (Phi) is 4.97. The maximum absolute atomic E-state index is 6.29. The van der Waals surface area contributed by atoms with Gasteiger partial charge < -0.3 is 19.7 Å². The molecule has 0 saturated carbocycles. The summed E-state index contributed by atoms with van der Waals surface area (Å²) >= 11 is 1.21. The van der Waals surface area contributed by atoms with Gasteiger partial charge in [0.05, 0.1) is 42.6 Å². The molecule has 2 atom stereocenters. The Morgan fingerprint density at radius 2 is 1.94 bits per heavy atom. The first-order valence-electron chi connectivity index (χ1n) is 10.6. The second-order valence-corrected chi connectivity index (χ2v) is 10.1. The van der Waals surface area contributed by atoms with Gasteiger partial charge in [-0.15, -0.1) is 0 Å². The van der Waals surface area contributed by atoms with Crippen LogP contribution in [-0.2, 0) is 21.2 Å². The number of rotatable bonds is 4. The quantitative estimate of drug-likeness (QED) is 0.492. The lowest BCUT2D eigenvalue weighted by atomic mass is 10.0. The summed E-state index contributed by atoms with van der Waals surface area (Å²) in [6.45, 7) is 8.48. The highest BCUT2D eigenvalue weighted by Gasteiger charge is 2.42. The summed E-state index contributed by atoms with van der Waals surface area (Å²) in [5.41, 5.74) is 2.79. The van der Waals surface area contributed by atoms with Crippen LogP contribution in [0.2, 0.25) is 0 Å². The molecule has 31 heavy (non-hydrogen) atoms. The number of thiol groups is 1. The van der Waals surface area contributed by atoms with Crippen LogP contribution in [0, 0.1) is 0 Å². The van der Waals surface area contributed by atoms with E-state index in [1.54, 1.807) is 0 Å². The van der Waals surface area contributed by atoms with Crippen LogP contribution in [0.5, 0.6) is 5.75 Å². The van der Waals surface area contributed by atoms with Crippen molar-refractivity contribution in [3.63, 3.8) is 0 Å². The topological polar surface area (TPSA) is 77.3 Å². The number of imidazole rings is 1. The molecule has 0 spiro atoms. The number of hydrogen-bond donors (Lipinski definition) is 1. The highest BCUT2D eigenvalue weighted by Crippen LogP contribution is 2.43. The molecule has 1 fully saturated rings. The Morgan fingerprint density at radius 3 is 2.71 bits per heavy atom. The molecule has 2 aliphatic rings. The van der Waals surface area contributed by atoms with Crippen LogP contribution >= 0.6 is 0 Å². The minimum atomic E-state index is -0.194. The van der Waals surface area contributed by atoms with Crippen molar-refractivity contribution in [2.45, 2.75) is 37.6 Å². The van der Waals surface area contributed by atoms with Gasteiger partial charge in [-0.25, -0.2) is 14.5 Å². The van der Waals surface area contributed by atoms with Gasteiger partial charge >= 0.3 is 0 Å². The highest BCUT2D eigenvalue weighted by atomic mass is 32.2. The molecule has 1 N–H and O–H groups in total. The van der Waals surface area contributed by atoms with Crippen LogP contribution in [0.3, 0.4) is 0 Å². The molecule has 2 aliphatic heterocycles. The lowest BCUT2D eigenvalue weighted by molar-refractivity contribution is 0.0482. The molecule has 4 heterocycles. The van der Waals surface area contributed by atoms with Crippen molar-refractivity contribution >= 4 is 34.6 Å². The van der Waals surface area contributed by atoms with E-state index in [9.17, 15) is 0 Å². The summed E-state index contributed by atoms with van der Waals surface area (Å²) in [6.07, 6.45) is 2.16. The highest BCUT2D eigenvalue weighted by molar-refractivity contribution is 7.78. The standard InChI is InChI=1S/C22H28N6O2S/c1-13-10-29-11-14-12-30-17-18(22(2,3)31-5)25-21(26-19(17)27(13)14)28-16-9-7-6-8-15(16)24-20(28)23-4/h6-9,13-14H,10-12H2,1-5H3,(H,23,24)/p+1/t13-,14+/m1/s1. The monoisotopic (exact) mass is 441 g/mol. The third kappa shape index (κ3) is 3.22. The van der Waals surface area contributed by atoms with Gasteiger partial charge in [-0.1, -0.05) is 12.1 Å². The maximum atomic E-state index is 6.29. The zero-order chi connectivity index (χ0) is 21.8. The number of para-hydroxylation sites is 2. The van der Waals surface area contributed by atoms with Crippen molar-refractivity contribution in [3.8, 4) is 11.7 Å². The summed E-state index contributed by atoms with van der Waals surface area (Å²) in [4.78, 5) is 17.2. The van der Waals surface area contributed by atoms with Crippen molar-refractivity contribution in [1.29, 1.82) is 0 Å². The fourth-order valence-electron chi connectivity index (χ4n) is 4.34. The molecule has 3 aromatic rings. The first-order chi connectivity index (χ1) is 14.9. The molecular weight excluding hydrogens is 412 g/mol. The predicted molar refractivity (Wildman–Crippen MR) is 126 cm³/mol. The smallest absolute Gasteiger partial charge is 0.239 e. The molecule has 9 heteroatoms. The number of benzene rings is 1. The minimum absolute atomic E-state index is 0.150. The predicted octanol–water partition coefficient (Wildman–Crippen LogP) is 2.52. The largest absolute Gasteiger partial charge is 0.485 e. The molecule has 2 aromatic heterocycles. The van der Waals surface area contributed by atoms with E-state index in [1.165, 1.54) is 11.8 Å². The minimum Gasteiger partial charge on any atom is -0.485 e. The van der Waals surface area contributed by atoms with Crippen LogP contribution in [0.1, 0.15) is 26.5 Å². The summed E-state index contributed by atoms with van der Waals surface area (Å²) in [5.74, 6) is 2.96. The average molecular weight is 442 g/mol. The van der Waals surface area contributed by atoms with Gasteiger partial charge in [0.2, 0.25) is 11.9 Å². The van der Waals surface area contributed by atoms with E-state index in [4.69, 9.17) is 24.4 Å². The third-order valence-electron chi connectivity index (χ3n) is 6.16. The number of morpholine rings is 1. The van der Waals surface area contributed by atoms with E-state index in [0.717, 1.165) is 28.3 Å². The second-order valence-electron chi connectivity index (χ2n) is 8.58. The van der Waals surface area contributed by atoms with E-state index in [1.807, 2.05) is 35.9 Å². The zero-order valence-electron chi connectivity index (χ0n) is 18.6.